The van der Waals surface area contributed by atoms with E-state index >= 15 is 0 Å². The minimum absolute atomic E-state index is 0.0217. The van der Waals surface area contributed by atoms with Crippen molar-refractivity contribution in [3.63, 3.8) is 0 Å². The first-order chi connectivity index (χ1) is 21.7. The Morgan fingerprint density at radius 1 is 0.500 bits per heavy atom. The molecule has 2 aliphatic carbocycles. The predicted octanol–water partition coefficient (Wildman–Crippen LogP) is 9.64. The summed E-state index contributed by atoms with van der Waals surface area (Å²) in [7, 11) is 0. The Labute approximate surface area is 257 Å². The van der Waals surface area contributed by atoms with E-state index in [1.807, 2.05) is 66.7 Å². The van der Waals surface area contributed by atoms with Gasteiger partial charge in [0.25, 0.3) is 0 Å². The molecule has 8 rings (SSSR count). The molecule has 210 valence electrons. The molecule has 0 amide bonds. The number of hydrogen-bond donors (Lipinski definition) is 0. The first kappa shape index (κ1) is 26.2. The van der Waals surface area contributed by atoms with Crippen molar-refractivity contribution in [1.29, 1.82) is 5.26 Å². The number of nitriles is 1. The van der Waals surface area contributed by atoms with Crippen LogP contribution < -0.4 is 0 Å². The zero-order chi connectivity index (χ0) is 29.5. The molecule has 0 aliphatic heterocycles. The van der Waals surface area contributed by atoms with Crippen LogP contribution in [0.2, 0.25) is 0 Å². The van der Waals surface area contributed by atoms with Gasteiger partial charge in [0.2, 0.25) is 0 Å². The molecule has 0 saturated heterocycles. The largest absolute Gasteiger partial charge is 0.208 e. The van der Waals surface area contributed by atoms with Crippen molar-refractivity contribution in [3.05, 3.63) is 138 Å². The van der Waals surface area contributed by atoms with Gasteiger partial charge in [0, 0.05) is 22.1 Å². The quantitative estimate of drug-likeness (QED) is 0.213. The second-order valence-corrected chi connectivity index (χ2v) is 11.9. The Bertz CT molecular complexity index is 1990. The van der Waals surface area contributed by atoms with Gasteiger partial charge in [-0.3, -0.25) is 0 Å². The summed E-state index contributed by atoms with van der Waals surface area (Å²) in [6.07, 6.45) is 6.04. The van der Waals surface area contributed by atoms with Crippen molar-refractivity contribution >= 4 is 0 Å². The summed E-state index contributed by atoms with van der Waals surface area (Å²) < 4.78 is 0. The normalized spacial score (nSPS) is 14.5. The fourth-order valence-corrected chi connectivity index (χ4v) is 7.32. The Morgan fingerprint density at radius 2 is 1.09 bits per heavy atom. The van der Waals surface area contributed by atoms with Gasteiger partial charge in [-0.05, 0) is 64.4 Å². The lowest BCUT2D eigenvalue weighted by Crippen LogP contribution is -2.28. The number of hydrogen-bond acceptors (Lipinski definition) is 4. The van der Waals surface area contributed by atoms with Crippen molar-refractivity contribution in [1.82, 2.24) is 15.0 Å². The molecule has 0 atom stereocenters. The summed E-state index contributed by atoms with van der Waals surface area (Å²) in [6.45, 7) is 0. The van der Waals surface area contributed by atoms with E-state index in [4.69, 9.17) is 15.0 Å². The lowest BCUT2D eigenvalue weighted by molar-refractivity contribution is 0.353. The lowest BCUT2D eigenvalue weighted by Gasteiger charge is -2.36. The van der Waals surface area contributed by atoms with E-state index < -0.39 is 0 Å². The van der Waals surface area contributed by atoms with Crippen molar-refractivity contribution in [3.8, 4) is 62.5 Å². The Kier molecular flexibility index (Phi) is 6.38. The maximum Gasteiger partial charge on any atom is 0.164 e. The van der Waals surface area contributed by atoms with Crippen LogP contribution in [-0.4, -0.2) is 15.0 Å². The molecule has 1 fully saturated rings. The summed E-state index contributed by atoms with van der Waals surface area (Å²) in [6, 6.07) is 44.2. The van der Waals surface area contributed by atoms with Crippen LogP contribution in [0.15, 0.2) is 121 Å². The third-order valence-corrected chi connectivity index (χ3v) is 9.35. The fourth-order valence-electron chi connectivity index (χ4n) is 7.32. The van der Waals surface area contributed by atoms with Crippen LogP contribution in [0.25, 0.3) is 56.4 Å². The Balaban J connectivity index is 1.30. The molecule has 4 nitrogen and oxygen atoms in total. The summed E-state index contributed by atoms with van der Waals surface area (Å²) in [5, 5.41) is 9.81. The Morgan fingerprint density at radius 3 is 1.75 bits per heavy atom. The number of fused-ring (bicyclic) bond motifs is 5. The summed E-state index contributed by atoms with van der Waals surface area (Å²) >= 11 is 0. The van der Waals surface area contributed by atoms with Crippen molar-refractivity contribution in [2.75, 3.05) is 0 Å². The molecule has 6 aromatic rings. The number of nitrogens with zero attached hydrogens (tertiary/aromatic N) is 4. The molecule has 1 saturated carbocycles. The van der Waals surface area contributed by atoms with Crippen LogP contribution in [0.5, 0.6) is 0 Å². The van der Waals surface area contributed by atoms with E-state index in [9.17, 15) is 5.26 Å². The topological polar surface area (TPSA) is 62.5 Å². The minimum atomic E-state index is 0.0217. The molecule has 44 heavy (non-hydrogen) atoms. The van der Waals surface area contributed by atoms with E-state index in [1.165, 1.54) is 47.1 Å². The summed E-state index contributed by atoms with van der Waals surface area (Å²) in [4.78, 5) is 14.8. The molecule has 0 N–H and O–H groups in total. The van der Waals surface area contributed by atoms with Crippen LogP contribution in [0.1, 0.15) is 48.8 Å². The summed E-state index contributed by atoms with van der Waals surface area (Å²) in [5.74, 6) is 1.94. The highest BCUT2D eigenvalue weighted by molar-refractivity contribution is 5.93. The molecular formula is C40H30N4. The molecule has 5 aromatic carbocycles. The smallest absolute Gasteiger partial charge is 0.164 e. The lowest BCUT2D eigenvalue weighted by atomic mass is 9.67. The average Bonchev–Trinajstić information content (AvgIpc) is 3.37. The van der Waals surface area contributed by atoms with Crippen LogP contribution in [0.3, 0.4) is 0 Å². The number of rotatable bonds is 4. The molecular weight excluding hydrogens is 536 g/mol. The van der Waals surface area contributed by atoms with Crippen LogP contribution in [0, 0.1) is 11.3 Å². The standard InChI is InChI=1S/C40H30N4/c41-26-27-20-21-34-33(24-27)36-32(18-11-19-35(36)40(34)22-8-3-9-23-40)30-16-10-17-31(25-30)39-43-37(28-12-4-1-5-13-28)42-38(44-39)29-14-6-2-7-15-29/h1-2,4-7,10-21,24-25H,3,8-9,22-23H2. The highest BCUT2D eigenvalue weighted by Crippen LogP contribution is 2.58. The SMILES string of the molecule is N#Cc1ccc2c(c1)-c1c(-c3cccc(-c4nc(-c5ccccc5)nc(-c5ccccc5)n4)c3)cccc1C21CCCCC1. The number of benzene rings is 5. The molecule has 2 aliphatic rings. The van der Waals surface area contributed by atoms with Crippen molar-refractivity contribution in [2.45, 2.75) is 37.5 Å². The van der Waals surface area contributed by atoms with Gasteiger partial charge in [0.05, 0.1) is 11.6 Å². The highest BCUT2D eigenvalue weighted by atomic mass is 15.0. The first-order valence-corrected chi connectivity index (χ1v) is 15.4. The maximum absolute atomic E-state index is 9.81. The first-order valence-electron chi connectivity index (χ1n) is 15.4. The molecule has 0 bridgehead atoms. The van der Waals surface area contributed by atoms with Gasteiger partial charge < -0.3 is 0 Å². The van der Waals surface area contributed by atoms with Crippen LogP contribution >= 0.6 is 0 Å². The van der Waals surface area contributed by atoms with Gasteiger partial charge in [-0.15, -0.1) is 0 Å². The van der Waals surface area contributed by atoms with Gasteiger partial charge in [-0.2, -0.15) is 5.26 Å². The minimum Gasteiger partial charge on any atom is -0.208 e. The monoisotopic (exact) mass is 566 g/mol. The average molecular weight is 567 g/mol. The van der Waals surface area contributed by atoms with Crippen molar-refractivity contribution < 1.29 is 0 Å². The molecule has 1 spiro atoms. The van der Waals surface area contributed by atoms with E-state index in [0.717, 1.165) is 35.1 Å². The third kappa shape index (κ3) is 4.32. The van der Waals surface area contributed by atoms with E-state index in [0.29, 0.717) is 23.0 Å². The van der Waals surface area contributed by atoms with E-state index in [-0.39, 0.29) is 5.41 Å². The van der Waals surface area contributed by atoms with Gasteiger partial charge in [-0.25, -0.2) is 15.0 Å². The van der Waals surface area contributed by atoms with Crippen LogP contribution in [0.4, 0.5) is 0 Å². The van der Waals surface area contributed by atoms with E-state index in [2.05, 4.69) is 60.7 Å². The van der Waals surface area contributed by atoms with E-state index in [1.54, 1.807) is 0 Å². The summed E-state index contributed by atoms with van der Waals surface area (Å²) in [5.41, 5.74) is 11.1. The molecule has 1 heterocycles. The van der Waals surface area contributed by atoms with Crippen LogP contribution in [-0.2, 0) is 5.41 Å². The molecule has 0 unspecified atom stereocenters. The molecule has 1 aromatic heterocycles. The second kappa shape index (κ2) is 10.7. The molecule has 4 heteroatoms. The molecule has 0 radical (unpaired) electrons. The second-order valence-electron chi connectivity index (χ2n) is 11.9. The van der Waals surface area contributed by atoms with Gasteiger partial charge in [0.1, 0.15) is 0 Å². The van der Waals surface area contributed by atoms with Gasteiger partial charge >= 0.3 is 0 Å². The zero-order valence-corrected chi connectivity index (χ0v) is 24.4. The fraction of sp³-hybridized carbons (Fsp3) is 0.150. The Hall–Kier alpha value is -5.40. The van der Waals surface area contributed by atoms with Gasteiger partial charge in [-0.1, -0.05) is 122 Å². The number of aromatic nitrogens is 3. The predicted molar refractivity (Wildman–Crippen MR) is 176 cm³/mol. The highest BCUT2D eigenvalue weighted by Gasteiger charge is 2.44. The van der Waals surface area contributed by atoms with Gasteiger partial charge in [0.15, 0.2) is 17.5 Å². The maximum atomic E-state index is 9.81. The third-order valence-electron chi connectivity index (χ3n) is 9.35. The van der Waals surface area contributed by atoms with Crippen molar-refractivity contribution in [2.24, 2.45) is 0 Å². The zero-order valence-electron chi connectivity index (χ0n) is 24.4.